The number of thioether (sulfide) groups is 1. The molecule has 0 spiro atoms. The van der Waals surface area contributed by atoms with Crippen molar-refractivity contribution in [2.45, 2.75) is 50.7 Å². The van der Waals surface area contributed by atoms with Crippen LogP contribution in [0.2, 0.25) is 0 Å². The van der Waals surface area contributed by atoms with Gasteiger partial charge in [-0.2, -0.15) is 0 Å². The minimum atomic E-state index is -0.155. The number of carbonyl (C=O) groups is 1. The smallest absolute Gasteiger partial charge is 0.236 e. The Morgan fingerprint density at radius 1 is 1.34 bits per heavy atom. The molecule has 1 aliphatic rings. The fraction of sp³-hybridized carbons (Fsp3) is 0.450. The molecule has 29 heavy (non-hydrogen) atoms. The van der Waals surface area contributed by atoms with Gasteiger partial charge in [-0.3, -0.25) is 14.3 Å². The van der Waals surface area contributed by atoms with Crippen molar-refractivity contribution in [2.75, 3.05) is 11.1 Å². The van der Waals surface area contributed by atoms with Gasteiger partial charge >= 0.3 is 0 Å². The number of aromatic nitrogens is 5. The quantitative estimate of drug-likeness (QED) is 0.608. The molecule has 0 bridgehead atoms. The van der Waals surface area contributed by atoms with Crippen LogP contribution in [0.4, 0.5) is 5.82 Å². The molecule has 0 radical (unpaired) electrons. The van der Waals surface area contributed by atoms with E-state index >= 15 is 0 Å². The molecule has 0 aliphatic heterocycles. The van der Waals surface area contributed by atoms with Gasteiger partial charge in [-0.05, 0) is 37.8 Å². The minimum absolute atomic E-state index is 0.155. The van der Waals surface area contributed by atoms with E-state index in [9.17, 15) is 4.79 Å². The van der Waals surface area contributed by atoms with Crippen LogP contribution in [0.15, 0.2) is 40.3 Å². The summed E-state index contributed by atoms with van der Waals surface area (Å²) in [6.07, 6.45) is 8.27. The summed E-state index contributed by atoms with van der Waals surface area (Å²) in [5.74, 6) is 2.48. The van der Waals surface area contributed by atoms with E-state index < -0.39 is 0 Å². The van der Waals surface area contributed by atoms with E-state index in [0.29, 0.717) is 23.5 Å². The first-order chi connectivity index (χ1) is 14.1. The molecule has 4 rings (SSSR count). The zero-order valence-electron chi connectivity index (χ0n) is 16.5. The third kappa shape index (κ3) is 4.50. The number of hydrogen-bond acceptors (Lipinski definition) is 7. The van der Waals surface area contributed by atoms with Gasteiger partial charge in [-0.1, -0.05) is 36.7 Å². The summed E-state index contributed by atoms with van der Waals surface area (Å²) < 4.78 is 7.19. The predicted molar refractivity (Wildman–Crippen MR) is 111 cm³/mol. The third-order valence-corrected chi connectivity index (χ3v) is 6.15. The first kappa shape index (κ1) is 19.6. The molecular formula is C20H24N6O2S. The summed E-state index contributed by atoms with van der Waals surface area (Å²) in [5, 5.41) is 16.2. The maximum Gasteiger partial charge on any atom is 0.236 e. The second kappa shape index (κ2) is 8.77. The van der Waals surface area contributed by atoms with Crippen LogP contribution >= 0.6 is 11.8 Å². The molecule has 1 N–H and O–H groups in total. The molecule has 1 fully saturated rings. The molecule has 0 aromatic carbocycles. The van der Waals surface area contributed by atoms with E-state index in [2.05, 4.69) is 37.1 Å². The number of amides is 1. The van der Waals surface area contributed by atoms with Gasteiger partial charge in [0.05, 0.1) is 5.75 Å². The highest BCUT2D eigenvalue weighted by Gasteiger charge is 2.29. The molecule has 1 aliphatic carbocycles. The molecule has 0 saturated heterocycles. The van der Waals surface area contributed by atoms with Crippen LogP contribution in [0.1, 0.15) is 44.4 Å². The first-order valence-electron chi connectivity index (χ1n) is 9.83. The largest absolute Gasteiger partial charge is 0.360 e. The Hall–Kier alpha value is -2.68. The van der Waals surface area contributed by atoms with Crippen LogP contribution in [0.5, 0.6) is 0 Å². The number of pyridine rings is 1. The standard InChI is InChI=1S/C20H24N6O2S/c1-13-6-3-4-8-16(13)26-19(15-7-5-9-21-11-15)23-24-20(26)29-12-18(27)22-17-10-14(2)28-25-17/h5,7,9-11,13,16H,3-4,6,8,12H2,1-2H3,(H,22,25,27)/t13-,16+/m1/s1. The number of rotatable bonds is 6. The lowest BCUT2D eigenvalue weighted by molar-refractivity contribution is -0.113. The van der Waals surface area contributed by atoms with Gasteiger partial charge in [-0.25, -0.2) is 0 Å². The summed E-state index contributed by atoms with van der Waals surface area (Å²) in [6.45, 7) is 4.07. The molecular weight excluding hydrogens is 388 g/mol. The molecule has 3 heterocycles. The molecule has 8 nitrogen and oxygen atoms in total. The highest BCUT2D eigenvalue weighted by molar-refractivity contribution is 7.99. The summed E-state index contributed by atoms with van der Waals surface area (Å²) in [5.41, 5.74) is 0.937. The third-order valence-electron chi connectivity index (χ3n) is 5.21. The van der Waals surface area contributed by atoms with Crippen molar-refractivity contribution in [3.05, 3.63) is 36.4 Å². The summed E-state index contributed by atoms with van der Waals surface area (Å²) in [7, 11) is 0. The Balaban J connectivity index is 1.56. The van der Waals surface area contributed by atoms with E-state index in [4.69, 9.17) is 4.52 Å². The Bertz CT molecular complexity index is 971. The normalized spacial score (nSPS) is 19.2. The monoisotopic (exact) mass is 412 g/mol. The molecule has 152 valence electrons. The van der Waals surface area contributed by atoms with Gasteiger partial charge in [0.1, 0.15) is 5.76 Å². The van der Waals surface area contributed by atoms with Gasteiger partial charge in [0.25, 0.3) is 0 Å². The minimum Gasteiger partial charge on any atom is -0.360 e. The van der Waals surface area contributed by atoms with Crippen molar-refractivity contribution >= 4 is 23.5 Å². The number of aryl methyl sites for hydroxylation is 1. The molecule has 2 atom stereocenters. The summed E-state index contributed by atoms with van der Waals surface area (Å²) >= 11 is 1.39. The van der Waals surface area contributed by atoms with Crippen LogP contribution in [0, 0.1) is 12.8 Å². The number of anilines is 1. The maximum absolute atomic E-state index is 12.3. The van der Waals surface area contributed by atoms with Gasteiger partial charge in [0.15, 0.2) is 16.8 Å². The van der Waals surface area contributed by atoms with Crippen LogP contribution in [0.3, 0.4) is 0 Å². The highest BCUT2D eigenvalue weighted by Crippen LogP contribution is 2.38. The first-order valence-corrected chi connectivity index (χ1v) is 10.8. The maximum atomic E-state index is 12.3. The lowest BCUT2D eigenvalue weighted by Gasteiger charge is -2.31. The Labute approximate surface area is 173 Å². The van der Waals surface area contributed by atoms with Crippen LogP contribution in [-0.2, 0) is 4.79 Å². The Kier molecular flexibility index (Phi) is 5.94. The second-order valence-electron chi connectivity index (χ2n) is 7.41. The van der Waals surface area contributed by atoms with Gasteiger partial charge in [0.2, 0.25) is 5.91 Å². The lowest BCUT2D eigenvalue weighted by atomic mass is 9.85. The van der Waals surface area contributed by atoms with E-state index in [-0.39, 0.29) is 11.7 Å². The van der Waals surface area contributed by atoms with Crippen LogP contribution < -0.4 is 5.32 Å². The van der Waals surface area contributed by atoms with E-state index in [1.165, 1.54) is 31.0 Å². The fourth-order valence-corrected chi connectivity index (χ4v) is 4.57. The van der Waals surface area contributed by atoms with Gasteiger partial charge in [-0.15, -0.1) is 10.2 Å². The summed E-state index contributed by atoms with van der Waals surface area (Å²) in [6, 6.07) is 5.90. The van der Waals surface area contributed by atoms with Crippen molar-refractivity contribution in [2.24, 2.45) is 5.92 Å². The number of nitrogens with zero attached hydrogens (tertiary/aromatic N) is 5. The van der Waals surface area contributed by atoms with Crippen molar-refractivity contribution in [3.63, 3.8) is 0 Å². The molecule has 9 heteroatoms. The molecule has 1 saturated carbocycles. The van der Waals surface area contributed by atoms with Crippen LogP contribution in [0.25, 0.3) is 11.4 Å². The van der Waals surface area contributed by atoms with Crippen molar-refractivity contribution in [3.8, 4) is 11.4 Å². The Morgan fingerprint density at radius 3 is 2.93 bits per heavy atom. The molecule has 1 amide bonds. The number of nitrogens with one attached hydrogen (secondary N) is 1. The fourth-order valence-electron chi connectivity index (χ4n) is 3.78. The lowest BCUT2D eigenvalue weighted by Crippen LogP contribution is -2.23. The van der Waals surface area contributed by atoms with Crippen molar-refractivity contribution < 1.29 is 9.32 Å². The van der Waals surface area contributed by atoms with E-state index in [0.717, 1.165) is 23.0 Å². The summed E-state index contributed by atoms with van der Waals surface area (Å²) in [4.78, 5) is 16.6. The SMILES string of the molecule is Cc1cc(NC(=O)CSc2nnc(-c3cccnc3)n2[C@H]2CCCC[C@H]2C)no1. The average molecular weight is 413 g/mol. The highest BCUT2D eigenvalue weighted by atomic mass is 32.2. The van der Waals surface area contributed by atoms with Crippen molar-refractivity contribution in [1.29, 1.82) is 0 Å². The van der Waals surface area contributed by atoms with Gasteiger partial charge < -0.3 is 9.84 Å². The van der Waals surface area contributed by atoms with Crippen LogP contribution in [-0.4, -0.2) is 36.6 Å². The van der Waals surface area contributed by atoms with Gasteiger partial charge in [0, 0.05) is 30.1 Å². The second-order valence-corrected chi connectivity index (χ2v) is 8.35. The van der Waals surface area contributed by atoms with Crippen molar-refractivity contribution in [1.82, 2.24) is 24.9 Å². The number of carbonyl (C=O) groups excluding carboxylic acids is 1. The molecule has 0 unspecified atom stereocenters. The molecule has 3 aromatic rings. The van der Waals surface area contributed by atoms with E-state index in [1.807, 2.05) is 18.3 Å². The topological polar surface area (TPSA) is 98.7 Å². The zero-order valence-corrected chi connectivity index (χ0v) is 17.4. The Morgan fingerprint density at radius 2 is 2.21 bits per heavy atom. The average Bonchev–Trinajstić information content (AvgIpc) is 3.33. The zero-order chi connectivity index (χ0) is 20.2. The van der Waals surface area contributed by atoms with E-state index in [1.54, 1.807) is 19.2 Å². The molecule has 3 aromatic heterocycles. The predicted octanol–water partition coefficient (Wildman–Crippen LogP) is 4.12. The number of hydrogen-bond donors (Lipinski definition) is 1.